The summed E-state index contributed by atoms with van der Waals surface area (Å²) in [5, 5.41) is 4.92. The summed E-state index contributed by atoms with van der Waals surface area (Å²) < 4.78 is 19.4. The summed E-state index contributed by atoms with van der Waals surface area (Å²) in [5.74, 6) is -2.06. The first-order valence-corrected chi connectivity index (χ1v) is 8.24. The molecule has 0 radical (unpaired) electrons. The third kappa shape index (κ3) is 4.77. The molecule has 1 heterocycles. The number of carbonyl (C=O) groups is 2. The van der Waals surface area contributed by atoms with E-state index in [-0.39, 0.29) is 23.1 Å². The third-order valence-corrected chi connectivity index (χ3v) is 4.15. The molecule has 0 aliphatic carbocycles. The molecule has 1 fully saturated rings. The average molecular weight is 336 g/mol. The minimum absolute atomic E-state index is 0.00813. The van der Waals surface area contributed by atoms with Crippen LogP contribution in [0.25, 0.3) is 0 Å². The minimum atomic E-state index is -0.871. The smallest absolute Gasteiger partial charge is 0.313 e. The molecule has 0 aromatic heterocycles. The van der Waals surface area contributed by atoms with Crippen molar-refractivity contribution in [2.75, 3.05) is 18.5 Å². The second-order valence-corrected chi connectivity index (χ2v) is 7.20. The monoisotopic (exact) mass is 336 g/mol. The molecule has 0 saturated carbocycles. The molecule has 1 aliphatic heterocycles. The van der Waals surface area contributed by atoms with Crippen LogP contribution in [-0.2, 0) is 14.3 Å². The molecule has 1 aliphatic rings. The van der Waals surface area contributed by atoms with Gasteiger partial charge in [-0.15, -0.1) is 0 Å². The van der Waals surface area contributed by atoms with Crippen molar-refractivity contribution in [3.63, 3.8) is 0 Å². The number of amides is 2. The van der Waals surface area contributed by atoms with Crippen LogP contribution in [0.1, 0.15) is 33.6 Å². The van der Waals surface area contributed by atoms with Gasteiger partial charge in [-0.2, -0.15) is 0 Å². The maximum absolute atomic E-state index is 13.5. The van der Waals surface area contributed by atoms with E-state index in [0.29, 0.717) is 6.54 Å². The highest BCUT2D eigenvalue weighted by atomic mass is 19.1. The highest BCUT2D eigenvalue weighted by Gasteiger charge is 2.35. The summed E-state index contributed by atoms with van der Waals surface area (Å²) in [4.78, 5) is 23.9. The molecule has 0 unspecified atom stereocenters. The van der Waals surface area contributed by atoms with Crippen LogP contribution in [-0.4, -0.2) is 31.1 Å². The number of anilines is 1. The van der Waals surface area contributed by atoms with E-state index >= 15 is 0 Å². The van der Waals surface area contributed by atoms with Gasteiger partial charge in [0.15, 0.2) is 0 Å². The largest absolute Gasteiger partial charge is 0.377 e. The number of halogens is 1. The van der Waals surface area contributed by atoms with Crippen molar-refractivity contribution in [1.82, 2.24) is 5.32 Å². The Kier molecular flexibility index (Phi) is 5.94. The molecule has 6 heteroatoms. The highest BCUT2D eigenvalue weighted by Crippen LogP contribution is 2.33. The van der Waals surface area contributed by atoms with Crippen molar-refractivity contribution >= 4 is 17.5 Å². The summed E-state index contributed by atoms with van der Waals surface area (Å²) in [6, 6.07) is 5.73. The molecule has 0 bridgehead atoms. The Morgan fingerprint density at radius 1 is 1.25 bits per heavy atom. The van der Waals surface area contributed by atoms with Crippen LogP contribution < -0.4 is 10.6 Å². The van der Waals surface area contributed by atoms with E-state index in [4.69, 9.17) is 4.74 Å². The number of nitrogens with one attached hydrogen (secondary N) is 2. The number of hydrogen-bond acceptors (Lipinski definition) is 3. The van der Waals surface area contributed by atoms with Crippen LogP contribution in [0.5, 0.6) is 0 Å². The van der Waals surface area contributed by atoms with Crippen molar-refractivity contribution in [1.29, 1.82) is 0 Å². The first-order chi connectivity index (χ1) is 11.3. The summed E-state index contributed by atoms with van der Waals surface area (Å²) in [5.41, 5.74) is -0.0446. The van der Waals surface area contributed by atoms with Gasteiger partial charge in [0.05, 0.1) is 11.8 Å². The van der Waals surface area contributed by atoms with E-state index in [1.165, 1.54) is 18.2 Å². The summed E-state index contributed by atoms with van der Waals surface area (Å²) in [6.45, 7) is 7.39. The average Bonchev–Trinajstić information content (AvgIpc) is 2.54. The van der Waals surface area contributed by atoms with E-state index < -0.39 is 17.6 Å². The molecule has 24 heavy (non-hydrogen) atoms. The van der Waals surface area contributed by atoms with Gasteiger partial charge >= 0.3 is 11.8 Å². The van der Waals surface area contributed by atoms with Gasteiger partial charge in [0, 0.05) is 19.1 Å². The Bertz CT molecular complexity index is 598. The van der Waals surface area contributed by atoms with Crippen LogP contribution >= 0.6 is 0 Å². The summed E-state index contributed by atoms with van der Waals surface area (Å²) in [6.07, 6.45) is 1.91. The van der Waals surface area contributed by atoms with Gasteiger partial charge in [-0.1, -0.05) is 32.9 Å². The number of rotatable bonds is 3. The molecule has 1 aromatic rings. The van der Waals surface area contributed by atoms with Crippen molar-refractivity contribution in [2.45, 2.75) is 39.7 Å². The first-order valence-electron chi connectivity index (χ1n) is 8.24. The third-order valence-electron chi connectivity index (χ3n) is 4.15. The maximum atomic E-state index is 13.5. The molecule has 2 atom stereocenters. The van der Waals surface area contributed by atoms with Crippen LogP contribution in [0.15, 0.2) is 24.3 Å². The lowest BCUT2D eigenvalue weighted by Gasteiger charge is -2.40. The number of carbonyl (C=O) groups excluding carboxylic acids is 2. The Morgan fingerprint density at radius 3 is 2.62 bits per heavy atom. The van der Waals surface area contributed by atoms with Gasteiger partial charge in [0.1, 0.15) is 5.82 Å². The van der Waals surface area contributed by atoms with Gasteiger partial charge in [0.25, 0.3) is 0 Å². The van der Waals surface area contributed by atoms with E-state index in [9.17, 15) is 14.0 Å². The van der Waals surface area contributed by atoms with E-state index in [2.05, 4.69) is 31.4 Å². The zero-order valence-corrected chi connectivity index (χ0v) is 14.4. The second kappa shape index (κ2) is 7.75. The van der Waals surface area contributed by atoms with Crippen LogP contribution in [0, 0.1) is 17.2 Å². The molecular weight excluding hydrogens is 311 g/mol. The van der Waals surface area contributed by atoms with E-state index in [0.717, 1.165) is 19.4 Å². The Hall–Kier alpha value is -1.95. The number of ether oxygens (including phenoxy) is 1. The van der Waals surface area contributed by atoms with Crippen molar-refractivity contribution in [3.05, 3.63) is 30.1 Å². The number of para-hydroxylation sites is 1. The van der Waals surface area contributed by atoms with E-state index in [1.807, 2.05) is 0 Å². The molecule has 0 spiro atoms. The molecule has 2 amide bonds. The van der Waals surface area contributed by atoms with Crippen molar-refractivity contribution in [3.8, 4) is 0 Å². The molecular formula is C18H25FN2O3. The summed E-state index contributed by atoms with van der Waals surface area (Å²) in [7, 11) is 0. The molecule has 5 nitrogen and oxygen atoms in total. The molecule has 2 N–H and O–H groups in total. The van der Waals surface area contributed by atoms with Gasteiger partial charge in [-0.05, 0) is 30.4 Å². The van der Waals surface area contributed by atoms with Crippen molar-refractivity contribution < 1.29 is 18.7 Å². The van der Waals surface area contributed by atoms with Crippen LogP contribution in [0.4, 0.5) is 10.1 Å². The highest BCUT2D eigenvalue weighted by molar-refractivity contribution is 6.39. The fourth-order valence-corrected chi connectivity index (χ4v) is 3.06. The maximum Gasteiger partial charge on any atom is 0.313 e. The molecule has 1 saturated heterocycles. The van der Waals surface area contributed by atoms with Gasteiger partial charge in [-0.3, -0.25) is 9.59 Å². The van der Waals surface area contributed by atoms with Crippen molar-refractivity contribution in [2.24, 2.45) is 11.3 Å². The number of benzene rings is 1. The number of hydrogen-bond donors (Lipinski definition) is 2. The topological polar surface area (TPSA) is 67.4 Å². The molecule has 132 valence electrons. The Labute approximate surface area is 142 Å². The van der Waals surface area contributed by atoms with Gasteiger partial charge in [0.2, 0.25) is 0 Å². The summed E-state index contributed by atoms with van der Waals surface area (Å²) >= 11 is 0. The lowest BCUT2D eigenvalue weighted by molar-refractivity contribution is -0.137. The quantitative estimate of drug-likeness (QED) is 0.834. The standard InChI is InChI=1S/C18H25FN2O3/c1-18(2,3)15-12(7-6-10-24-15)11-20-16(22)17(23)21-14-9-5-4-8-13(14)19/h4-5,8-9,12,15H,6-7,10-11H2,1-3H3,(H,20,22)(H,21,23)/t12-,15-/m0/s1. The van der Waals surface area contributed by atoms with Gasteiger partial charge < -0.3 is 15.4 Å². The zero-order chi connectivity index (χ0) is 17.7. The van der Waals surface area contributed by atoms with Crippen LogP contribution in [0.3, 0.4) is 0 Å². The zero-order valence-electron chi connectivity index (χ0n) is 14.4. The fourth-order valence-electron chi connectivity index (χ4n) is 3.06. The first kappa shape index (κ1) is 18.4. The fraction of sp³-hybridized carbons (Fsp3) is 0.556. The Balaban J connectivity index is 1.90. The molecule has 1 aromatic carbocycles. The SMILES string of the molecule is CC(C)(C)[C@H]1OCCC[C@H]1CNC(=O)C(=O)Nc1ccccc1F. The van der Waals surface area contributed by atoms with E-state index in [1.54, 1.807) is 6.07 Å². The lowest BCUT2D eigenvalue weighted by atomic mass is 9.78. The van der Waals surface area contributed by atoms with Crippen LogP contribution in [0.2, 0.25) is 0 Å². The normalized spacial score (nSPS) is 21.2. The lowest BCUT2D eigenvalue weighted by Crippen LogP contribution is -2.46. The second-order valence-electron chi connectivity index (χ2n) is 7.20. The predicted molar refractivity (Wildman–Crippen MR) is 90.0 cm³/mol. The predicted octanol–water partition coefficient (Wildman–Crippen LogP) is 2.72. The minimum Gasteiger partial charge on any atom is -0.377 e. The molecule has 2 rings (SSSR count). The van der Waals surface area contributed by atoms with Gasteiger partial charge in [-0.25, -0.2) is 4.39 Å². The Morgan fingerprint density at radius 2 is 1.96 bits per heavy atom.